The third kappa shape index (κ3) is 14.1. The molecule has 3 heterocycles. The number of methoxy groups -OCH3 is 1. The van der Waals surface area contributed by atoms with Crippen molar-refractivity contribution in [1.29, 1.82) is 0 Å². The van der Waals surface area contributed by atoms with E-state index in [0.29, 0.717) is 5.25 Å². The first-order valence-electron chi connectivity index (χ1n) is 19.5. The lowest BCUT2D eigenvalue weighted by Gasteiger charge is -2.26. The summed E-state index contributed by atoms with van der Waals surface area (Å²) in [4.78, 5) is 22.5. The van der Waals surface area contributed by atoms with Gasteiger partial charge in [-0.3, -0.25) is 9.13 Å². The Morgan fingerprint density at radius 2 is 1.60 bits per heavy atom. The van der Waals surface area contributed by atoms with Crippen LogP contribution in [-0.2, 0) is 18.6 Å². The van der Waals surface area contributed by atoms with Crippen LogP contribution in [0.3, 0.4) is 0 Å². The molecule has 0 aromatic carbocycles. The molecule has 4 unspecified atom stereocenters. The molecule has 3 rings (SSSR count). The molecule has 0 saturated carbocycles. The van der Waals surface area contributed by atoms with Gasteiger partial charge in [-0.2, -0.15) is 21.7 Å². The SMILES string of the molecule is CCCCCCCCCCCCSC(CCCCCCC)C(C)OCCCOP(=O)(O)C(O)[C@H]1O[C@@H](n2cnc3c(OC)nc(Cl)nc32)[C@](O)(F)[C@@H]1O. The van der Waals surface area contributed by atoms with Crippen LogP contribution in [-0.4, -0.2) is 101 Å². The number of hydrogen-bond acceptors (Lipinski definition) is 12. The highest BCUT2D eigenvalue weighted by Gasteiger charge is 2.62. The van der Waals surface area contributed by atoms with Crippen molar-refractivity contribution < 1.29 is 47.9 Å². The number of aliphatic hydroxyl groups excluding tert-OH is 2. The predicted molar refractivity (Wildman–Crippen MR) is 206 cm³/mol. The smallest absolute Gasteiger partial charge is 0.359 e. The van der Waals surface area contributed by atoms with Gasteiger partial charge >= 0.3 is 7.60 Å². The quantitative estimate of drug-likeness (QED) is 0.0352. The Morgan fingerprint density at radius 3 is 2.23 bits per heavy atom. The van der Waals surface area contributed by atoms with E-state index in [1.54, 1.807) is 0 Å². The van der Waals surface area contributed by atoms with Crippen LogP contribution >= 0.6 is 31.0 Å². The normalized spacial score (nSPS) is 23.3. The molecular formula is C36H63ClFN4O9PS. The standard InChI is InChI=1S/C36H63ClFN4O9PS/c1-5-7-9-11-12-13-14-15-17-19-24-53-27(21-18-16-10-8-6-2)26(3)49-22-20-23-50-52(46,47)33(44)29-30(43)36(38,45)34(51-29)42-25-39-28-31(42)40-35(37)41-32(28)48-4/h25-27,29-30,33-34,43-45H,5-24H2,1-4H3,(H,46,47)/t26?,27?,29-,30+,33?,34+,36-/m0/s1. The Labute approximate surface area is 323 Å². The molecule has 0 radical (unpaired) electrons. The zero-order chi connectivity index (χ0) is 38.9. The molecule has 13 nitrogen and oxygen atoms in total. The van der Waals surface area contributed by atoms with E-state index >= 15 is 4.39 Å². The topological polar surface area (TPSA) is 179 Å². The van der Waals surface area contributed by atoms with E-state index in [-0.39, 0.29) is 48.1 Å². The van der Waals surface area contributed by atoms with E-state index in [4.69, 9.17) is 30.3 Å². The van der Waals surface area contributed by atoms with Gasteiger partial charge in [-0.25, -0.2) is 9.37 Å². The Morgan fingerprint density at radius 1 is 1.00 bits per heavy atom. The van der Waals surface area contributed by atoms with Crippen molar-refractivity contribution in [2.45, 2.75) is 171 Å². The number of rotatable bonds is 29. The predicted octanol–water partition coefficient (Wildman–Crippen LogP) is 8.10. The maximum absolute atomic E-state index is 15.6. The number of thioether (sulfide) groups is 1. The number of nitrogens with zero attached hydrogens (tertiary/aromatic N) is 4. The highest BCUT2D eigenvalue weighted by atomic mass is 35.5. The highest BCUT2D eigenvalue weighted by Crippen LogP contribution is 2.53. The molecule has 4 N–H and O–H groups in total. The van der Waals surface area contributed by atoms with Gasteiger partial charge in [0.15, 0.2) is 23.2 Å². The number of alkyl halides is 1. The van der Waals surface area contributed by atoms with Gasteiger partial charge in [0.05, 0.1) is 26.1 Å². The second kappa shape index (κ2) is 23.8. The minimum absolute atomic E-state index is 0.0265. The minimum atomic E-state index is -4.90. The molecule has 1 aliphatic heterocycles. The number of aliphatic hydroxyl groups is 3. The van der Waals surface area contributed by atoms with E-state index < -0.39 is 37.7 Å². The lowest BCUT2D eigenvalue weighted by molar-refractivity contribution is -0.195. The average molecular weight is 813 g/mol. The van der Waals surface area contributed by atoms with Gasteiger partial charge in [0.1, 0.15) is 12.2 Å². The molecule has 306 valence electrons. The molecule has 0 amide bonds. The van der Waals surface area contributed by atoms with E-state index in [1.165, 1.54) is 97.0 Å². The van der Waals surface area contributed by atoms with E-state index in [0.717, 1.165) is 29.5 Å². The first-order valence-corrected chi connectivity index (χ1v) is 22.5. The lowest BCUT2D eigenvalue weighted by atomic mass is 10.1. The molecule has 2 aromatic heterocycles. The molecule has 1 aliphatic rings. The van der Waals surface area contributed by atoms with Gasteiger partial charge in [0.2, 0.25) is 11.2 Å². The number of halogens is 2. The van der Waals surface area contributed by atoms with Gasteiger partial charge in [-0.05, 0) is 43.5 Å². The van der Waals surface area contributed by atoms with Crippen molar-refractivity contribution in [1.82, 2.24) is 19.5 Å². The molecule has 8 atom stereocenters. The van der Waals surface area contributed by atoms with Crippen LogP contribution in [0.5, 0.6) is 5.88 Å². The summed E-state index contributed by atoms with van der Waals surface area (Å²) in [6, 6.07) is 0. The van der Waals surface area contributed by atoms with Gasteiger partial charge in [0, 0.05) is 11.9 Å². The first-order chi connectivity index (χ1) is 25.4. The number of imidazole rings is 1. The lowest BCUT2D eigenvalue weighted by Crippen LogP contribution is -2.45. The molecule has 0 spiro atoms. The van der Waals surface area contributed by atoms with Crippen molar-refractivity contribution in [2.24, 2.45) is 0 Å². The number of hydrogen-bond donors (Lipinski definition) is 4. The molecule has 2 aromatic rings. The fraction of sp³-hybridized carbons (Fsp3) is 0.861. The van der Waals surface area contributed by atoms with Crippen LogP contribution < -0.4 is 4.74 Å². The fourth-order valence-electron chi connectivity index (χ4n) is 6.49. The monoisotopic (exact) mass is 812 g/mol. The van der Waals surface area contributed by atoms with Crippen molar-refractivity contribution in [2.75, 3.05) is 26.1 Å². The third-order valence-electron chi connectivity index (χ3n) is 9.69. The number of ether oxygens (including phenoxy) is 3. The third-order valence-corrected chi connectivity index (χ3v) is 12.9. The molecule has 1 saturated heterocycles. The fourth-order valence-corrected chi connectivity index (χ4v) is 9.15. The summed E-state index contributed by atoms with van der Waals surface area (Å²) in [7, 11) is -3.59. The molecule has 17 heteroatoms. The second-order valence-electron chi connectivity index (χ2n) is 14.0. The van der Waals surface area contributed by atoms with Crippen molar-refractivity contribution in [3.8, 4) is 5.88 Å². The second-order valence-corrected chi connectivity index (χ2v) is 17.6. The van der Waals surface area contributed by atoms with Crippen LogP contribution in [0.2, 0.25) is 5.28 Å². The summed E-state index contributed by atoms with van der Waals surface area (Å²) in [6.45, 7) is 6.53. The van der Waals surface area contributed by atoms with Crippen molar-refractivity contribution >= 4 is 42.1 Å². The maximum atomic E-state index is 15.6. The van der Waals surface area contributed by atoms with Crippen molar-refractivity contribution in [3.05, 3.63) is 11.6 Å². The summed E-state index contributed by atoms with van der Waals surface area (Å²) >= 11 is 7.92. The Hall–Kier alpha value is -1.13. The maximum Gasteiger partial charge on any atom is 0.359 e. The summed E-state index contributed by atoms with van der Waals surface area (Å²) in [5, 5.41) is 32.0. The summed E-state index contributed by atoms with van der Waals surface area (Å²) < 4.78 is 51.4. The summed E-state index contributed by atoms with van der Waals surface area (Å²) in [5.41, 5.74) is -0.0627. The largest absolute Gasteiger partial charge is 0.479 e. The highest BCUT2D eigenvalue weighted by molar-refractivity contribution is 7.99. The van der Waals surface area contributed by atoms with Gasteiger partial charge in [-0.15, -0.1) is 0 Å². The zero-order valence-corrected chi connectivity index (χ0v) is 34.4. The minimum Gasteiger partial charge on any atom is -0.479 e. The van der Waals surface area contributed by atoms with Crippen LogP contribution in [0, 0.1) is 0 Å². The number of aromatic nitrogens is 4. The number of unbranched alkanes of at least 4 members (excludes halogenated alkanes) is 13. The molecule has 0 aliphatic carbocycles. The molecule has 53 heavy (non-hydrogen) atoms. The first kappa shape index (κ1) is 46.3. The molecule has 0 bridgehead atoms. The Bertz CT molecular complexity index is 1380. The molecular weight excluding hydrogens is 750 g/mol. The molecule has 1 fully saturated rings. The Balaban J connectivity index is 1.45. The van der Waals surface area contributed by atoms with Crippen molar-refractivity contribution in [3.63, 3.8) is 0 Å². The van der Waals surface area contributed by atoms with Gasteiger partial charge < -0.3 is 38.9 Å². The Kier molecular flexibility index (Phi) is 20.8. The summed E-state index contributed by atoms with van der Waals surface area (Å²) in [6.07, 6.45) is 14.9. The summed E-state index contributed by atoms with van der Waals surface area (Å²) in [5.74, 6) is -4.88. The van der Waals surface area contributed by atoms with Gasteiger partial charge in [-0.1, -0.05) is 104 Å². The van der Waals surface area contributed by atoms with E-state index in [9.17, 15) is 24.8 Å². The van der Waals surface area contributed by atoms with E-state index in [2.05, 4.69) is 35.7 Å². The zero-order valence-electron chi connectivity index (χ0n) is 31.9. The van der Waals surface area contributed by atoms with Gasteiger partial charge in [0.25, 0.3) is 5.85 Å². The van der Waals surface area contributed by atoms with Crippen LogP contribution in [0.15, 0.2) is 6.33 Å². The van der Waals surface area contributed by atoms with E-state index in [1.807, 2.05) is 11.8 Å². The van der Waals surface area contributed by atoms with Crippen LogP contribution in [0.4, 0.5) is 4.39 Å². The van der Waals surface area contributed by atoms with Crippen LogP contribution in [0.25, 0.3) is 11.2 Å². The average Bonchev–Trinajstić information content (AvgIpc) is 3.64. The number of fused-ring (bicyclic) bond motifs is 1. The van der Waals surface area contributed by atoms with Crippen LogP contribution in [0.1, 0.15) is 136 Å².